The van der Waals surface area contributed by atoms with Gasteiger partial charge in [0.2, 0.25) is 5.95 Å². The Labute approximate surface area is 176 Å². The van der Waals surface area contributed by atoms with E-state index < -0.39 is 35.4 Å². The molecule has 0 bridgehead atoms. The first-order valence-electron chi connectivity index (χ1n) is 10.2. The summed E-state index contributed by atoms with van der Waals surface area (Å²) >= 11 is 0. The van der Waals surface area contributed by atoms with Crippen molar-refractivity contribution in [3.05, 3.63) is 23.6 Å². The molecule has 30 heavy (non-hydrogen) atoms. The number of hydrogen-bond donors (Lipinski definition) is 1. The highest BCUT2D eigenvalue weighted by Crippen LogP contribution is 2.36. The van der Waals surface area contributed by atoms with Gasteiger partial charge in [-0.2, -0.15) is 4.39 Å². The lowest BCUT2D eigenvalue weighted by Crippen LogP contribution is -2.36. The first kappa shape index (κ1) is 22.3. The number of ether oxygens (including phenoxy) is 2. The van der Waals surface area contributed by atoms with Gasteiger partial charge in [0.05, 0.1) is 13.0 Å². The van der Waals surface area contributed by atoms with E-state index in [1.54, 1.807) is 32.9 Å². The molecule has 3 atom stereocenters. The number of aliphatic hydroxyl groups is 1. The second kappa shape index (κ2) is 8.75. The third-order valence-corrected chi connectivity index (χ3v) is 5.61. The Morgan fingerprint density at radius 3 is 2.57 bits per heavy atom. The fourth-order valence-electron chi connectivity index (χ4n) is 4.06. The number of likely N-dealkylation sites (tertiary alicyclic amines) is 1. The zero-order valence-electron chi connectivity index (χ0n) is 17.9. The van der Waals surface area contributed by atoms with Gasteiger partial charge in [0, 0.05) is 50.2 Å². The number of hydrogen-bond acceptors (Lipinski definition) is 7. The minimum Gasteiger partial charge on any atom is -0.469 e. The molecule has 3 heterocycles. The van der Waals surface area contributed by atoms with Crippen LogP contribution in [0.5, 0.6) is 0 Å². The number of esters is 1. The Morgan fingerprint density at radius 1 is 1.27 bits per heavy atom. The number of methoxy groups -OCH3 is 1. The van der Waals surface area contributed by atoms with Crippen LogP contribution >= 0.6 is 0 Å². The molecule has 9 heteroatoms. The van der Waals surface area contributed by atoms with E-state index in [1.165, 1.54) is 12.0 Å². The van der Waals surface area contributed by atoms with Crippen molar-refractivity contribution in [2.75, 3.05) is 44.8 Å². The van der Waals surface area contributed by atoms with Crippen molar-refractivity contribution < 1.29 is 28.6 Å². The molecule has 0 saturated carbocycles. The lowest BCUT2D eigenvalue weighted by Gasteiger charge is -2.24. The number of halogens is 1. The molecule has 1 aromatic rings. The van der Waals surface area contributed by atoms with Gasteiger partial charge in [0.25, 0.3) is 0 Å². The van der Waals surface area contributed by atoms with Gasteiger partial charge in [0.15, 0.2) is 0 Å². The van der Waals surface area contributed by atoms with E-state index >= 15 is 4.39 Å². The number of aromatic nitrogens is 1. The van der Waals surface area contributed by atoms with Crippen molar-refractivity contribution in [2.45, 2.75) is 38.7 Å². The fraction of sp³-hybridized carbons (Fsp3) is 0.667. The SMILES string of the molecule is COC(=O)[C@@H]1CN(C(=O)OC(C)(C)C)C[C@H]1c1ccc(N2CCC(CO)C2)nc1F. The van der Waals surface area contributed by atoms with Crippen LogP contribution in [-0.4, -0.2) is 72.5 Å². The number of amides is 1. The summed E-state index contributed by atoms with van der Waals surface area (Å²) in [6.45, 7) is 6.95. The van der Waals surface area contributed by atoms with Crippen LogP contribution in [0, 0.1) is 17.8 Å². The molecule has 8 nitrogen and oxygen atoms in total. The van der Waals surface area contributed by atoms with Crippen molar-refractivity contribution in [1.29, 1.82) is 0 Å². The number of anilines is 1. The van der Waals surface area contributed by atoms with Crippen LogP contribution in [0.2, 0.25) is 0 Å². The number of pyridine rings is 1. The predicted molar refractivity (Wildman–Crippen MR) is 108 cm³/mol. The van der Waals surface area contributed by atoms with E-state index in [1.807, 2.05) is 4.90 Å². The van der Waals surface area contributed by atoms with Crippen LogP contribution in [0.1, 0.15) is 38.7 Å². The largest absolute Gasteiger partial charge is 0.469 e. The van der Waals surface area contributed by atoms with Crippen LogP contribution in [0.4, 0.5) is 15.0 Å². The highest BCUT2D eigenvalue weighted by Gasteiger charge is 2.43. The van der Waals surface area contributed by atoms with Crippen molar-refractivity contribution in [1.82, 2.24) is 9.88 Å². The third-order valence-electron chi connectivity index (χ3n) is 5.61. The molecule has 1 aromatic heterocycles. The summed E-state index contributed by atoms with van der Waals surface area (Å²) < 4.78 is 25.3. The molecule has 1 unspecified atom stereocenters. The Kier molecular flexibility index (Phi) is 6.50. The quantitative estimate of drug-likeness (QED) is 0.586. The molecule has 1 N–H and O–H groups in total. The van der Waals surface area contributed by atoms with E-state index in [-0.39, 0.29) is 31.2 Å². The zero-order chi connectivity index (χ0) is 22.1. The van der Waals surface area contributed by atoms with Gasteiger partial charge in [-0.1, -0.05) is 6.07 Å². The third kappa shape index (κ3) is 4.83. The van der Waals surface area contributed by atoms with Gasteiger partial charge < -0.3 is 24.4 Å². The van der Waals surface area contributed by atoms with Gasteiger partial charge in [-0.15, -0.1) is 0 Å². The number of carbonyl (C=O) groups is 2. The maximum Gasteiger partial charge on any atom is 0.410 e. The Bertz CT molecular complexity index is 797. The van der Waals surface area contributed by atoms with Crippen molar-refractivity contribution in [2.24, 2.45) is 11.8 Å². The maximum absolute atomic E-state index is 15.0. The topological polar surface area (TPSA) is 92.2 Å². The highest BCUT2D eigenvalue weighted by atomic mass is 19.1. The fourth-order valence-corrected chi connectivity index (χ4v) is 4.06. The highest BCUT2D eigenvalue weighted by molar-refractivity contribution is 5.77. The molecule has 0 radical (unpaired) electrons. The average Bonchev–Trinajstić information content (AvgIpc) is 3.33. The summed E-state index contributed by atoms with van der Waals surface area (Å²) in [7, 11) is 1.28. The van der Waals surface area contributed by atoms with Gasteiger partial charge in [-0.25, -0.2) is 9.78 Å². The van der Waals surface area contributed by atoms with Gasteiger partial charge >= 0.3 is 12.1 Å². The van der Waals surface area contributed by atoms with Crippen LogP contribution in [-0.2, 0) is 14.3 Å². The van der Waals surface area contributed by atoms with Crippen molar-refractivity contribution in [3.63, 3.8) is 0 Å². The van der Waals surface area contributed by atoms with Crippen LogP contribution in [0.15, 0.2) is 12.1 Å². The molecule has 1 amide bonds. The maximum atomic E-state index is 15.0. The molecule has 166 valence electrons. The van der Waals surface area contributed by atoms with E-state index in [2.05, 4.69) is 4.98 Å². The first-order chi connectivity index (χ1) is 14.1. The monoisotopic (exact) mass is 423 g/mol. The van der Waals surface area contributed by atoms with Crippen LogP contribution < -0.4 is 4.90 Å². The lowest BCUT2D eigenvalue weighted by molar-refractivity contribution is -0.145. The number of nitrogens with zero attached hydrogens (tertiary/aromatic N) is 3. The summed E-state index contributed by atoms with van der Waals surface area (Å²) in [5, 5.41) is 9.31. The van der Waals surface area contributed by atoms with Gasteiger partial charge in [-0.05, 0) is 33.3 Å². The minimum atomic E-state index is -0.699. The molecule has 3 rings (SSSR count). The second-order valence-corrected chi connectivity index (χ2v) is 8.95. The summed E-state index contributed by atoms with van der Waals surface area (Å²) in [5.41, 5.74) is -0.398. The van der Waals surface area contributed by atoms with Gasteiger partial charge in [-0.3, -0.25) is 4.79 Å². The summed E-state index contributed by atoms with van der Waals surface area (Å²) in [6.07, 6.45) is 0.287. The molecule has 0 aromatic carbocycles. The van der Waals surface area contributed by atoms with E-state index in [0.717, 1.165) is 6.42 Å². The van der Waals surface area contributed by atoms with E-state index in [4.69, 9.17) is 9.47 Å². The molecule has 2 aliphatic rings. The molecule has 2 aliphatic heterocycles. The van der Waals surface area contributed by atoms with Gasteiger partial charge in [0.1, 0.15) is 11.4 Å². The van der Waals surface area contributed by atoms with E-state index in [0.29, 0.717) is 18.9 Å². The molecule has 0 aliphatic carbocycles. The summed E-state index contributed by atoms with van der Waals surface area (Å²) in [6, 6.07) is 3.35. The Balaban J connectivity index is 1.81. The first-order valence-corrected chi connectivity index (χ1v) is 10.2. The lowest BCUT2D eigenvalue weighted by atomic mass is 9.89. The Morgan fingerprint density at radius 2 is 2.00 bits per heavy atom. The molecular weight excluding hydrogens is 393 g/mol. The zero-order valence-corrected chi connectivity index (χ0v) is 17.9. The number of carbonyl (C=O) groups excluding carboxylic acids is 2. The molecule has 2 fully saturated rings. The number of aliphatic hydroxyl groups excluding tert-OH is 1. The summed E-state index contributed by atoms with van der Waals surface area (Å²) in [5.74, 6) is -1.77. The van der Waals surface area contributed by atoms with Crippen molar-refractivity contribution >= 4 is 17.9 Å². The number of rotatable bonds is 4. The minimum absolute atomic E-state index is 0.0950. The van der Waals surface area contributed by atoms with Crippen LogP contribution in [0.3, 0.4) is 0 Å². The summed E-state index contributed by atoms with van der Waals surface area (Å²) in [4.78, 5) is 32.3. The average molecular weight is 423 g/mol. The molecule has 2 saturated heterocycles. The smallest absolute Gasteiger partial charge is 0.410 e. The predicted octanol–water partition coefficient (Wildman–Crippen LogP) is 2.16. The normalized spacial score (nSPS) is 24.3. The standard InChI is InChI=1S/C21H30FN3O5/c1-21(2,3)30-20(28)25-10-15(16(11-25)19(27)29-4)14-5-6-17(23-18(14)22)24-8-7-13(9-24)12-26/h5-6,13,15-16,26H,7-12H2,1-4H3/t13?,15-,16+/m0/s1. The molecule has 0 spiro atoms. The van der Waals surface area contributed by atoms with E-state index in [9.17, 15) is 14.7 Å². The second-order valence-electron chi connectivity index (χ2n) is 8.95. The van der Waals surface area contributed by atoms with Crippen molar-refractivity contribution in [3.8, 4) is 0 Å². The van der Waals surface area contributed by atoms with Crippen LogP contribution in [0.25, 0.3) is 0 Å². The Hall–Kier alpha value is -2.42. The molecular formula is C21H30FN3O5.